The molecule has 0 saturated carbocycles. The predicted molar refractivity (Wildman–Crippen MR) is 149 cm³/mol. The maximum absolute atomic E-state index is 14.2. The maximum atomic E-state index is 14.2. The molecule has 0 unspecified atom stereocenters. The van der Waals surface area contributed by atoms with Crippen LogP contribution in [0.25, 0.3) is 0 Å². The summed E-state index contributed by atoms with van der Waals surface area (Å²) in [6, 6.07) is 9.16. The Morgan fingerprint density at radius 2 is 1.62 bits per heavy atom. The first-order chi connectivity index (χ1) is 19.0. The van der Waals surface area contributed by atoms with Gasteiger partial charge in [-0.05, 0) is 65.4 Å². The molecular weight excluding hydrogens is 514 g/mol. The van der Waals surface area contributed by atoms with E-state index in [1.807, 2.05) is 58.0 Å². The molecule has 10 nitrogen and oxygen atoms in total. The fourth-order valence-electron chi connectivity index (χ4n) is 5.37. The highest BCUT2D eigenvalue weighted by atomic mass is 16.6. The maximum Gasteiger partial charge on any atom is 0.410 e. The Balaban J connectivity index is 1.70. The van der Waals surface area contributed by atoms with Crippen molar-refractivity contribution in [3.05, 3.63) is 35.9 Å². The zero-order valence-electron chi connectivity index (χ0n) is 24.6. The molecule has 1 aromatic rings. The Kier molecular flexibility index (Phi) is 10.8. The van der Waals surface area contributed by atoms with Crippen LogP contribution in [0.15, 0.2) is 30.3 Å². The molecule has 0 aliphatic carbocycles. The Morgan fingerprint density at radius 1 is 0.950 bits per heavy atom. The van der Waals surface area contributed by atoms with E-state index in [1.54, 1.807) is 21.6 Å². The molecular formula is C30H45N3O7. The highest BCUT2D eigenvalue weighted by molar-refractivity contribution is 5.87. The van der Waals surface area contributed by atoms with Crippen LogP contribution in [0, 0.1) is 5.41 Å². The van der Waals surface area contributed by atoms with Crippen molar-refractivity contribution in [2.24, 2.45) is 5.41 Å². The number of hydrogen-bond donors (Lipinski definition) is 0. The van der Waals surface area contributed by atoms with Gasteiger partial charge in [-0.25, -0.2) is 9.59 Å². The lowest BCUT2D eigenvalue weighted by Gasteiger charge is -2.46. The van der Waals surface area contributed by atoms with Crippen molar-refractivity contribution in [2.45, 2.75) is 85.0 Å². The van der Waals surface area contributed by atoms with Gasteiger partial charge in [0, 0.05) is 26.2 Å². The van der Waals surface area contributed by atoms with Gasteiger partial charge in [-0.2, -0.15) is 0 Å². The molecule has 0 aromatic heterocycles. The lowest BCUT2D eigenvalue weighted by Crippen LogP contribution is -2.58. The lowest BCUT2D eigenvalue weighted by molar-refractivity contribution is -0.158. The number of carbonyl (C=O) groups is 4. The van der Waals surface area contributed by atoms with Gasteiger partial charge in [0.25, 0.3) is 0 Å². The number of hydrogen-bond acceptors (Lipinski definition) is 7. The first-order valence-corrected chi connectivity index (χ1v) is 14.4. The van der Waals surface area contributed by atoms with Crippen molar-refractivity contribution in [3.8, 4) is 0 Å². The zero-order valence-corrected chi connectivity index (χ0v) is 24.6. The minimum atomic E-state index is -0.725. The molecule has 2 heterocycles. The largest absolute Gasteiger partial charge is 0.465 e. The number of ether oxygens (including phenoxy) is 3. The van der Waals surface area contributed by atoms with E-state index in [2.05, 4.69) is 0 Å². The van der Waals surface area contributed by atoms with Crippen LogP contribution in [-0.2, 0) is 30.4 Å². The van der Waals surface area contributed by atoms with E-state index >= 15 is 0 Å². The highest BCUT2D eigenvalue weighted by Crippen LogP contribution is 2.38. The molecule has 222 valence electrons. The topological polar surface area (TPSA) is 106 Å². The summed E-state index contributed by atoms with van der Waals surface area (Å²) in [5, 5.41) is 0. The Labute approximate surface area is 237 Å². The van der Waals surface area contributed by atoms with Crippen molar-refractivity contribution in [1.82, 2.24) is 14.7 Å². The molecule has 0 bridgehead atoms. The summed E-state index contributed by atoms with van der Waals surface area (Å²) in [5.41, 5.74) is -0.447. The molecule has 0 radical (unpaired) electrons. The summed E-state index contributed by atoms with van der Waals surface area (Å²) < 4.78 is 16.3. The third kappa shape index (κ3) is 8.35. The van der Waals surface area contributed by atoms with E-state index in [-0.39, 0.29) is 38.3 Å². The van der Waals surface area contributed by atoms with Crippen LogP contribution in [0.4, 0.5) is 9.59 Å². The fourth-order valence-corrected chi connectivity index (χ4v) is 5.37. The molecule has 0 spiro atoms. The van der Waals surface area contributed by atoms with Crippen LogP contribution in [0.1, 0.15) is 72.3 Å². The van der Waals surface area contributed by atoms with E-state index in [9.17, 15) is 19.2 Å². The molecule has 1 aromatic carbocycles. The third-order valence-electron chi connectivity index (χ3n) is 7.67. The van der Waals surface area contributed by atoms with Crippen molar-refractivity contribution in [3.63, 3.8) is 0 Å². The van der Waals surface area contributed by atoms with Crippen molar-refractivity contribution in [1.29, 1.82) is 0 Å². The fraction of sp³-hybridized carbons (Fsp3) is 0.667. The van der Waals surface area contributed by atoms with Gasteiger partial charge in [0.15, 0.2) is 0 Å². The summed E-state index contributed by atoms with van der Waals surface area (Å²) >= 11 is 0. The number of piperidine rings is 2. The molecule has 3 rings (SSSR count). The molecule has 0 N–H and O–H groups in total. The van der Waals surface area contributed by atoms with Crippen LogP contribution >= 0.6 is 0 Å². The average molecular weight is 560 g/mol. The van der Waals surface area contributed by atoms with E-state index in [4.69, 9.17) is 14.2 Å². The summed E-state index contributed by atoms with van der Waals surface area (Å²) in [6.07, 6.45) is 2.03. The van der Waals surface area contributed by atoms with Crippen molar-refractivity contribution in [2.75, 3.05) is 39.3 Å². The molecule has 2 fully saturated rings. The number of likely N-dealkylation sites (tertiary alicyclic amines) is 2. The number of rotatable bonds is 8. The Hall–Kier alpha value is -3.30. The van der Waals surface area contributed by atoms with Crippen LogP contribution in [0.3, 0.4) is 0 Å². The SMILES string of the molecule is CCOC(=O)CN(C(=O)C1(CC)CCN(C(=O)OCc2ccccc2)CC1)[C@H]1CCCN(C(=O)OC(C)(C)C)C1. The van der Waals surface area contributed by atoms with Crippen LogP contribution in [-0.4, -0.2) is 89.7 Å². The third-order valence-corrected chi connectivity index (χ3v) is 7.67. The van der Waals surface area contributed by atoms with Gasteiger partial charge >= 0.3 is 18.2 Å². The average Bonchev–Trinajstić information content (AvgIpc) is 2.94. The molecule has 2 aliphatic heterocycles. The van der Waals surface area contributed by atoms with Gasteiger partial charge in [-0.15, -0.1) is 0 Å². The first-order valence-electron chi connectivity index (χ1n) is 14.4. The number of benzene rings is 1. The minimum absolute atomic E-state index is 0.128. The number of amides is 3. The smallest absolute Gasteiger partial charge is 0.410 e. The Bertz CT molecular complexity index is 1020. The molecule has 2 saturated heterocycles. The van der Waals surface area contributed by atoms with Crippen molar-refractivity contribution >= 4 is 24.1 Å². The minimum Gasteiger partial charge on any atom is -0.465 e. The van der Waals surface area contributed by atoms with E-state index in [1.165, 1.54) is 0 Å². The number of nitrogens with zero attached hydrogens (tertiary/aromatic N) is 3. The summed E-state index contributed by atoms with van der Waals surface area (Å²) in [4.78, 5) is 57.3. The van der Waals surface area contributed by atoms with Gasteiger partial charge in [-0.1, -0.05) is 37.3 Å². The van der Waals surface area contributed by atoms with Gasteiger partial charge in [0.05, 0.1) is 18.1 Å². The van der Waals surface area contributed by atoms with Crippen LogP contribution in [0.2, 0.25) is 0 Å². The van der Waals surface area contributed by atoms with E-state index in [0.29, 0.717) is 51.7 Å². The highest BCUT2D eigenvalue weighted by Gasteiger charge is 2.46. The molecule has 40 heavy (non-hydrogen) atoms. The normalized spacial score (nSPS) is 19.0. The molecule has 3 amide bonds. The predicted octanol–water partition coefficient (Wildman–Crippen LogP) is 4.61. The summed E-state index contributed by atoms with van der Waals surface area (Å²) in [5.74, 6) is -0.602. The quantitative estimate of drug-likeness (QED) is 0.338. The second-order valence-corrected chi connectivity index (χ2v) is 11.6. The molecule has 1 atom stereocenters. The second-order valence-electron chi connectivity index (χ2n) is 11.6. The molecule has 10 heteroatoms. The van der Waals surface area contributed by atoms with E-state index < -0.39 is 29.2 Å². The van der Waals surface area contributed by atoms with E-state index in [0.717, 1.165) is 5.56 Å². The van der Waals surface area contributed by atoms with Gasteiger partial charge in [-0.3, -0.25) is 9.59 Å². The lowest BCUT2D eigenvalue weighted by atomic mass is 9.74. The second kappa shape index (κ2) is 13.9. The first kappa shape index (κ1) is 31.2. The number of esters is 1. The molecule has 2 aliphatic rings. The number of carbonyl (C=O) groups excluding carboxylic acids is 4. The van der Waals surface area contributed by atoms with Gasteiger partial charge < -0.3 is 28.9 Å². The standard InChI is InChI=1S/C30H45N3O7/c1-6-30(15-18-31(19-16-30)27(36)39-22-23-12-9-8-10-13-23)26(35)33(21-25(34)38-7-2)24-14-11-17-32(20-24)28(37)40-29(3,4)5/h8-10,12-13,24H,6-7,11,14-22H2,1-5H3/t24-/m0/s1. The van der Waals surface area contributed by atoms with Gasteiger partial charge in [0.1, 0.15) is 18.8 Å². The Morgan fingerprint density at radius 3 is 2.23 bits per heavy atom. The van der Waals surface area contributed by atoms with Crippen molar-refractivity contribution < 1.29 is 33.4 Å². The van der Waals surface area contributed by atoms with Gasteiger partial charge in [0.2, 0.25) is 5.91 Å². The zero-order chi connectivity index (χ0) is 29.3. The summed E-state index contributed by atoms with van der Waals surface area (Å²) in [7, 11) is 0. The van der Waals surface area contributed by atoms with Crippen LogP contribution in [0.5, 0.6) is 0 Å². The summed E-state index contributed by atoms with van der Waals surface area (Å²) in [6.45, 7) is 11.0. The van der Waals surface area contributed by atoms with Crippen LogP contribution < -0.4 is 0 Å². The monoisotopic (exact) mass is 559 g/mol.